The van der Waals surface area contributed by atoms with Crippen LogP contribution in [0.1, 0.15) is 12.6 Å². The Labute approximate surface area is 132 Å². The molecule has 1 aliphatic rings. The molecule has 0 aliphatic carbocycles. The SMILES string of the molecule is C/C=C/C=C\C(=O)N1CCN(c2nccc(C(F)(F)F)n2)CC1. The Morgan fingerprint density at radius 1 is 1.22 bits per heavy atom. The van der Waals surface area contributed by atoms with Gasteiger partial charge in [-0.25, -0.2) is 9.97 Å². The van der Waals surface area contributed by atoms with E-state index in [1.54, 1.807) is 22.0 Å². The second-order valence-electron chi connectivity index (χ2n) is 4.94. The standard InChI is InChI=1S/C15H17F3N4O/c1-2-3-4-5-13(23)21-8-10-22(11-9-21)14-19-7-6-12(20-14)15(16,17)18/h2-7H,8-11H2,1H3/b3-2+,5-4-. The molecule has 5 nitrogen and oxygen atoms in total. The fraction of sp³-hybridized carbons (Fsp3) is 0.400. The van der Waals surface area contributed by atoms with Gasteiger partial charge in [-0.15, -0.1) is 0 Å². The van der Waals surface area contributed by atoms with E-state index in [1.807, 2.05) is 13.0 Å². The predicted octanol–water partition coefficient (Wildman–Crippen LogP) is 2.28. The first-order valence-corrected chi connectivity index (χ1v) is 7.15. The van der Waals surface area contributed by atoms with E-state index in [9.17, 15) is 18.0 Å². The number of carbonyl (C=O) groups is 1. The molecule has 0 spiro atoms. The number of carbonyl (C=O) groups excluding carboxylic acids is 1. The van der Waals surface area contributed by atoms with Crippen LogP contribution in [0.3, 0.4) is 0 Å². The molecule has 2 rings (SSSR count). The molecule has 8 heteroatoms. The van der Waals surface area contributed by atoms with Crippen molar-refractivity contribution in [2.24, 2.45) is 0 Å². The van der Waals surface area contributed by atoms with Crippen molar-refractivity contribution in [1.82, 2.24) is 14.9 Å². The Balaban J connectivity index is 1.98. The monoisotopic (exact) mass is 326 g/mol. The average molecular weight is 326 g/mol. The Hall–Kier alpha value is -2.38. The van der Waals surface area contributed by atoms with Crippen LogP contribution in [0.5, 0.6) is 0 Å². The van der Waals surface area contributed by atoms with Gasteiger partial charge in [-0.1, -0.05) is 18.2 Å². The molecule has 1 aliphatic heterocycles. The third-order valence-corrected chi connectivity index (χ3v) is 3.35. The van der Waals surface area contributed by atoms with Gasteiger partial charge < -0.3 is 9.80 Å². The number of halogens is 3. The van der Waals surface area contributed by atoms with Gasteiger partial charge in [0.15, 0.2) is 0 Å². The lowest BCUT2D eigenvalue weighted by molar-refractivity contribution is -0.141. The molecule has 124 valence electrons. The Morgan fingerprint density at radius 3 is 2.52 bits per heavy atom. The van der Waals surface area contributed by atoms with Gasteiger partial charge in [-0.3, -0.25) is 4.79 Å². The third-order valence-electron chi connectivity index (χ3n) is 3.35. The van der Waals surface area contributed by atoms with Crippen molar-refractivity contribution in [3.63, 3.8) is 0 Å². The molecule has 1 fully saturated rings. The summed E-state index contributed by atoms with van der Waals surface area (Å²) in [5, 5.41) is 0. The van der Waals surface area contributed by atoms with E-state index in [1.165, 1.54) is 6.08 Å². The van der Waals surface area contributed by atoms with Crippen LogP contribution in [0.25, 0.3) is 0 Å². The first-order valence-electron chi connectivity index (χ1n) is 7.15. The highest BCUT2D eigenvalue weighted by Crippen LogP contribution is 2.28. The lowest BCUT2D eigenvalue weighted by atomic mass is 10.3. The summed E-state index contributed by atoms with van der Waals surface area (Å²) >= 11 is 0. The highest BCUT2D eigenvalue weighted by Gasteiger charge is 2.33. The number of amides is 1. The van der Waals surface area contributed by atoms with Crippen molar-refractivity contribution in [2.75, 3.05) is 31.1 Å². The maximum atomic E-state index is 12.7. The fourth-order valence-corrected chi connectivity index (χ4v) is 2.14. The number of piperazine rings is 1. The maximum absolute atomic E-state index is 12.7. The Bertz CT molecular complexity index is 605. The van der Waals surface area contributed by atoms with Crippen LogP contribution < -0.4 is 4.90 Å². The molecule has 0 N–H and O–H groups in total. The van der Waals surface area contributed by atoms with Gasteiger partial charge in [-0.05, 0) is 13.0 Å². The van der Waals surface area contributed by atoms with E-state index in [2.05, 4.69) is 9.97 Å². The highest BCUT2D eigenvalue weighted by molar-refractivity contribution is 5.88. The van der Waals surface area contributed by atoms with Gasteiger partial charge in [0.2, 0.25) is 11.9 Å². The minimum absolute atomic E-state index is 0.0383. The number of allylic oxidation sites excluding steroid dienone is 3. The largest absolute Gasteiger partial charge is 0.433 e. The van der Waals surface area contributed by atoms with Crippen molar-refractivity contribution in [1.29, 1.82) is 0 Å². The summed E-state index contributed by atoms with van der Waals surface area (Å²) in [7, 11) is 0. The van der Waals surface area contributed by atoms with Crippen molar-refractivity contribution < 1.29 is 18.0 Å². The number of hydrogen-bond donors (Lipinski definition) is 0. The number of hydrogen-bond acceptors (Lipinski definition) is 4. The first kappa shape index (κ1) is 17.0. The lowest BCUT2D eigenvalue weighted by Crippen LogP contribution is -2.49. The first-order chi connectivity index (χ1) is 10.9. The molecule has 2 heterocycles. The van der Waals surface area contributed by atoms with Gasteiger partial charge in [0.1, 0.15) is 5.69 Å². The van der Waals surface area contributed by atoms with Crippen LogP contribution in [0.15, 0.2) is 36.6 Å². The predicted molar refractivity (Wildman–Crippen MR) is 79.8 cm³/mol. The lowest BCUT2D eigenvalue weighted by Gasteiger charge is -2.34. The van der Waals surface area contributed by atoms with E-state index in [0.717, 1.165) is 12.3 Å². The van der Waals surface area contributed by atoms with Gasteiger partial charge in [0, 0.05) is 38.5 Å². The van der Waals surface area contributed by atoms with Gasteiger partial charge in [0.05, 0.1) is 0 Å². The molecule has 1 aromatic heterocycles. The maximum Gasteiger partial charge on any atom is 0.433 e. The molecule has 0 bridgehead atoms. The number of anilines is 1. The number of alkyl halides is 3. The molecule has 0 unspecified atom stereocenters. The van der Waals surface area contributed by atoms with Crippen LogP contribution >= 0.6 is 0 Å². The van der Waals surface area contributed by atoms with E-state index in [-0.39, 0.29) is 11.9 Å². The summed E-state index contributed by atoms with van der Waals surface area (Å²) in [5.74, 6) is -0.0795. The molecular weight excluding hydrogens is 309 g/mol. The van der Waals surface area contributed by atoms with Crippen LogP contribution in [-0.2, 0) is 11.0 Å². The summed E-state index contributed by atoms with van der Waals surface area (Å²) in [4.78, 5) is 22.7. The molecule has 23 heavy (non-hydrogen) atoms. The molecule has 1 saturated heterocycles. The normalized spacial score (nSPS) is 16.5. The van der Waals surface area contributed by atoms with Crippen molar-refractivity contribution in [3.05, 3.63) is 42.3 Å². The van der Waals surface area contributed by atoms with E-state index >= 15 is 0 Å². The summed E-state index contributed by atoms with van der Waals surface area (Å²) in [6.45, 7) is 3.47. The zero-order chi connectivity index (χ0) is 16.9. The van der Waals surface area contributed by atoms with Gasteiger partial charge in [-0.2, -0.15) is 13.2 Å². The quantitative estimate of drug-likeness (QED) is 0.632. The molecular formula is C15H17F3N4O. The third kappa shape index (κ3) is 4.54. The zero-order valence-electron chi connectivity index (χ0n) is 12.6. The van der Waals surface area contributed by atoms with Crippen molar-refractivity contribution >= 4 is 11.9 Å². The second-order valence-corrected chi connectivity index (χ2v) is 4.94. The summed E-state index contributed by atoms with van der Waals surface area (Å²) in [6.07, 6.45) is 3.30. The highest BCUT2D eigenvalue weighted by atomic mass is 19.4. The summed E-state index contributed by atoms with van der Waals surface area (Å²) in [6, 6.07) is 0.843. The topological polar surface area (TPSA) is 49.3 Å². The minimum atomic E-state index is -4.49. The Kier molecular flexibility index (Phi) is 5.36. The number of rotatable bonds is 3. The van der Waals surface area contributed by atoms with Crippen LogP contribution in [0, 0.1) is 0 Å². The van der Waals surface area contributed by atoms with E-state index < -0.39 is 11.9 Å². The molecule has 0 aromatic carbocycles. The van der Waals surface area contributed by atoms with Crippen molar-refractivity contribution in [2.45, 2.75) is 13.1 Å². The summed E-state index contributed by atoms with van der Waals surface area (Å²) in [5.41, 5.74) is -0.963. The molecule has 0 saturated carbocycles. The number of nitrogens with zero attached hydrogens (tertiary/aromatic N) is 4. The van der Waals surface area contributed by atoms with E-state index in [0.29, 0.717) is 26.2 Å². The molecule has 0 radical (unpaired) electrons. The average Bonchev–Trinajstić information content (AvgIpc) is 2.54. The Morgan fingerprint density at radius 2 is 1.91 bits per heavy atom. The van der Waals surface area contributed by atoms with Crippen molar-refractivity contribution in [3.8, 4) is 0 Å². The van der Waals surface area contributed by atoms with Crippen LogP contribution in [0.4, 0.5) is 19.1 Å². The second kappa shape index (κ2) is 7.26. The van der Waals surface area contributed by atoms with E-state index in [4.69, 9.17) is 0 Å². The fourth-order valence-electron chi connectivity index (χ4n) is 2.14. The molecule has 1 amide bonds. The molecule has 0 atom stereocenters. The smallest absolute Gasteiger partial charge is 0.337 e. The van der Waals surface area contributed by atoms with Crippen LogP contribution in [-0.4, -0.2) is 47.0 Å². The molecule has 1 aromatic rings. The van der Waals surface area contributed by atoms with Gasteiger partial charge in [0.25, 0.3) is 0 Å². The van der Waals surface area contributed by atoms with Gasteiger partial charge >= 0.3 is 6.18 Å². The van der Waals surface area contributed by atoms with Crippen LogP contribution in [0.2, 0.25) is 0 Å². The minimum Gasteiger partial charge on any atom is -0.337 e. The zero-order valence-corrected chi connectivity index (χ0v) is 12.6. The summed E-state index contributed by atoms with van der Waals surface area (Å²) < 4.78 is 38.0. The number of aromatic nitrogens is 2.